The first-order chi connectivity index (χ1) is 19.2. The maximum Gasteiger partial charge on any atom is 0.264 e. The fourth-order valence-electron chi connectivity index (χ4n) is 4.95. The predicted molar refractivity (Wildman–Crippen MR) is 159 cm³/mol. The lowest BCUT2D eigenvalue weighted by Crippen LogP contribution is -2.53. The molecule has 3 aromatic rings. The summed E-state index contributed by atoms with van der Waals surface area (Å²) in [7, 11) is -4.12. The zero-order valence-electron chi connectivity index (χ0n) is 22.9. The minimum absolute atomic E-state index is 0.0577. The van der Waals surface area contributed by atoms with Crippen LogP contribution in [0.5, 0.6) is 0 Å². The predicted octanol–water partition coefficient (Wildman–Crippen LogP) is 5.36. The molecule has 0 aromatic heterocycles. The van der Waals surface area contributed by atoms with Crippen LogP contribution in [-0.4, -0.2) is 50.3 Å². The standard InChI is InChI=1S/C31H36ClN3O4S/c1-23-17-18-27(21-29(23)32)35(40(38,39)28-15-7-4-8-16-28)22-30(36)34(20-19-25-11-5-3-6-12-25)24(2)31(37)33-26-13-9-10-14-26/h3-8,11-12,15-18,21,24,26H,9-10,13-14,19-20,22H2,1-2H3,(H,33,37)/t24-/m1/s1. The molecule has 1 N–H and O–H groups in total. The Kier molecular flexibility index (Phi) is 9.87. The van der Waals surface area contributed by atoms with Gasteiger partial charge in [-0.05, 0) is 68.5 Å². The molecule has 9 heteroatoms. The molecule has 0 unspecified atom stereocenters. The second kappa shape index (κ2) is 13.3. The molecule has 212 valence electrons. The van der Waals surface area contributed by atoms with Gasteiger partial charge >= 0.3 is 0 Å². The summed E-state index contributed by atoms with van der Waals surface area (Å²) in [5.41, 5.74) is 2.08. The smallest absolute Gasteiger partial charge is 0.264 e. The van der Waals surface area contributed by atoms with Gasteiger partial charge in [-0.3, -0.25) is 13.9 Å². The summed E-state index contributed by atoms with van der Waals surface area (Å²) in [5.74, 6) is -0.703. The van der Waals surface area contributed by atoms with Crippen molar-refractivity contribution in [3.63, 3.8) is 0 Å². The van der Waals surface area contributed by atoms with Gasteiger partial charge in [0, 0.05) is 17.6 Å². The van der Waals surface area contributed by atoms with Gasteiger partial charge in [0.25, 0.3) is 10.0 Å². The van der Waals surface area contributed by atoms with Crippen LogP contribution >= 0.6 is 11.6 Å². The number of halogens is 1. The third kappa shape index (κ3) is 7.23. The van der Waals surface area contributed by atoms with E-state index < -0.39 is 28.5 Å². The summed E-state index contributed by atoms with van der Waals surface area (Å²) in [5, 5.41) is 3.48. The minimum Gasteiger partial charge on any atom is -0.352 e. The number of aryl methyl sites for hydroxylation is 1. The van der Waals surface area contributed by atoms with E-state index in [2.05, 4.69) is 5.32 Å². The van der Waals surface area contributed by atoms with Crippen molar-refractivity contribution < 1.29 is 18.0 Å². The molecular weight excluding hydrogens is 546 g/mol. The van der Waals surface area contributed by atoms with Crippen molar-refractivity contribution >= 4 is 39.1 Å². The van der Waals surface area contributed by atoms with Crippen molar-refractivity contribution in [1.29, 1.82) is 0 Å². The molecule has 0 heterocycles. The van der Waals surface area contributed by atoms with Gasteiger partial charge in [-0.1, -0.05) is 79.0 Å². The molecule has 1 saturated carbocycles. The van der Waals surface area contributed by atoms with Crippen LogP contribution < -0.4 is 9.62 Å². The Hall–Kier alpha value is -3.36. The first-order valence-corrected chi connectivity index (χ1v) is 15.5. The highest BCUT2D eigenvalue weighted by atomic mass is 35.5. The Bertz CT molecular complexity index is 1410. The van der Waals surface area contributed by atoms with Crippen LogP contribution in [0.15, 0.2) is 83.8 Å². The Morgan fingerprint density at radius 3 is 2.23 bits per heavy atom. The second-order valence-corrected chi connectivity index (χ2v) is 12.5. The van der Waals surface area contributed by atoms with Crippen LogP contribution in [-0.2, 0) is 26.0 Å². The molecule has 1 atom stereocenters. The van der Waals surface area contributed by atoms with Gasteiger partial charge in [-0.15, -0.1) is 0 Å². The largest absolute Gasteiger partial charge is 0.352 e. The van der Waals surface area contributed by atoms with E-state index in [4.69, 9.17) is 11.6 Å². The first kappa shape index (κ1) is 29.6. The molecule has 1 aliphatic carbocycles. The van der Waals surface area contributed by atoms with E-state index in [1.807, 2.05) is 37.3 Å². The van der Waals surface area contributed by atoms with E-state index in [1.165, 1.54) is 17.0 Å². The zero-order chi connectivity index (χ0) is 28.7. The van der Waals surface area contributed by atoms with E-state index in [0.29, 0.717) is 11.4 Å². The van der Waals surface area contributed by atoms with Crippen LogP contribution in [0.3, 0.4) is 0 Å². The van der Waals surface area contributed by atoms with Gasteiger partial charge < -0.3 is 10.2 Å². The molecule has 0 aliphatic heterocycles. The lowest BCUT2D eigenvalue weighted by atomic mass is 10.1. The van der Waals surface area contributed by atoms with Gasteiger partial charge in [0.2, 0.25) is 11.8 Å². The van der Waals surface area contributed by atoms with E-state index in [-0.39, 0.29) is 29.1 Å². The van der Waals surface area contributed by atoms with Crippen LogP contribution in [0.25, 0.3) is 0 Å². The zero-order valence-corrected chi connectivity index (χ0v) is 24.5. The maximum atomic E-state index is 14.0. The van der Waals surface area contributed by atoms with Crippen LogP contribution in [0.1, 0.15) is 43.7 Å². The topological polar surface area (TPSA) is 86.8 Å². The first-order valence-electron chi connectivity index (χ1n) is 13.6. The lowest BCUT2D eigenvalue weighted by Gasteiger charge is -2.32. The fourth-order valence-corrected chi connectivity index (χ4v) is 6.55. The van der Waals surface area contributed by atoms with Gasteiger partial charge in [-0.25, -0.2) is 8.42 Å². The number of rotatable bonds is 11. The summed E-state index contributed by atoms with van der Waals surface area (Å²) in [6.07, 6.45) is 4.51. The molecule has 2 amide bonds. The van der Waals surface area contributed by atoms with Crippen molar-refractivity contribution in [2.75, 3.05) is 17.4 Å². The van der Waals surface area contributed by atoms with E-state index >= 15 is 0 Å². The molecular formula is C31H36ClN3O4S. The Morgan fingerprint density at radius 1 is 0.975 bits per heavy atom. The van der Waals surface area contributed by atoms with Gasteiger partial charge in [-0.2, -0.15) is 0 Å². The molecule has 1 aliphatic rings. The number of amides is 2. The SMILES string of the molecule is Cc1ccc(N(CC(=O)N(CCc2ccccc2)[C@H](C)C(=O)NC2CCCC2)S(=O)(=O)c2ccccc2)cc1Cl. The molecule has 40 heavy (non-hydrogen) atoms. The quantitative estimate of drug-likeness (QED) is 0.330. The van der Waals surface area contributed by atoms with Crippen molar-refractivity contribution in [3.8, 4) is 0 Å². The molecule has 4 rings (SSSR count). The molecule has 0 spiro atoms. The lowest BCUT2D eigenvalue weighted by molar-refractivity contribution is -0.139. The third-order valence-electron chi connectivity index (χ3n) is 7.41. The summed E-state index contributed by atoms with van der Waals surface area (Å²) < 4.78 is 28.7. The van der Waals surface area contributed by atoms with Crippen molar-refractivity contribution in [2.24, 2.45) is 0 Å². The van der Waals surface area contributed by atoms with E-state index in [1.54, 1.807) is 43.3 Å². The minimum atomic E-state index is -4.12. The summed E-state index contributed by atoms with van der Waals surface area (Å²) in [4.78, 5) is 28.8. The van der Waals surface area contributed by atoms with Gasteiger partial charge in [0.05, 0.1) is 10.6 Å². The average Bonchev–Trinajstić information content (AvgIpc) is 3.47. The van der Waals surface area contributed by atoms with E-state index in [9.17, 15) is 18.0 Å². The summed E-state index contributed by atoms with van der Waals surface area (Å²) >= 11 is 6.37. The number of hydrogen-bond acceptors (Lipinski definition) is 4. The Labute approximate surface area is 242 Å². The molecule has 0 saturated heterocycles. The highest BCUT2D eigenvalue weighted by molar-refractivity contribution is 7.92. The Balaban J connectivity index is 1.65. The number of benzene rings is 3. The number of nitrogens with zero attached hydrogens (tertiary/aromatic N) is 2. The highest BCUT2D eigenvalue weighted by Crippen LogP contribution is 2.28. The maximum absolute atomic E-state index is 14.0. The van der Waals surface area contributed by atoms with Gasteiger partial charge in [0.1, 0.15) is 12.6 Å². The molecule has 7 nitrogen and oxygen atoms in total. The monoisotopic (exact) mass is 581 g/mol. The molecule has 3 aromatic carbocycles. The van der Waals surface area contributed by atoms with Crippen molar-refractivity contribution in [2.45, 2.75) is 62.9 Å². The molecule has 0 bridgehead atoms. The van der Waals surface area contributed by atoms with Crippen LogP contribution in [0, 0.1) is 6.92 Å². The number of hydrogen-bond donors (Lipinski definition) is 1. The van der Waals surface area contributed by atoms with Gasteiger partial charge in [0.15, 0.2) is 0 Å². The van der Waals surface area contributed by atoms with Crippen molar-refractivity contribution in [1.82, 2.24) is 10.2 Å². The summed E-state index contributed by atoms with van der Waals surface area (Å²) in [6, 6.07) is 21.9. The van der Waals surface area contributed by atoms with Crippen LogP contribution in [0.4, 0.5) is 5.69 Å². The third-order valence-corrected chi connectivity index (χ3v) is 9.60. The number of carbonyl (C=O) groups is 2. The normalized spacial score (nSPS) is 14.5. The highest BCUT2D eigenvalue weighted by Gasteiger charge is 2.33. The number of sulfonamides is 1. The van der Waals surface area contributed by atoms with E-state index in [0.717, 1.165) is 41.1 Å². The van der Waals surface area contributed by atoms with Crippen LogP contribution in [0.2, 0.25) is 5.02 Å². The fraction of sp³-hybridized carbons (Fsp3) is 0.355. The second-order valence-electron chi connectivity index (χ2n) is 10.2. The average molecular weight is 582 g/mol. The molecule has 1 fully saturated rings. The Morgan fingerprint density at radius 2 is 1.60 bits per heavy atom. The summed E-state index contributed by atoms with van der Waals surface area (Å²) in [6.45, 7) is 3.30. The van der Waals surface area contributed by atoms with Crippen molar-refractivity contribution in [3.05, 3.63) is 95.0 Å². The number of nitrogens with one attached hydrogen (secondary N) is 1. The number of anilines is 1. The molecule has 0 radical (unpaired) electrons. The number of carbonyl (C=O) groups excluding carboxylic acids is 2.